The van der Waals surface area contributed by atoms with Gasteiger partial charge in [-0.1, -0.05) is 18.2 Å². The molecular formula is C16H17N3O2. The van der Waals surface area contributed by atoms with Crippen LogP contribution in [0.25, 0.3) is 0 Å². The molecule has 108 valence electrons. The Balaban J connectivity index is 1.60. The van der Waals surface area contributed by atoms with E-state index < -0.39 is 0 Å². The Morgan fingerprint density at radius 3 is 3.05 bits per heavy atom. The zero-order chi connectivity index (χ0) is 14.8. The van der Waals surface area contributed by atoms with Gasteiger partial charge in [-0.2, -0.15) is 0 Å². The minimum atomic E-state index is -0.223. The zero-order valence-electron chi connectivity index (χ0n) is 11.8. The third kappa shape index (κ3) is 2.81. The van der Waals surface area contributed by atoms with Crippen LogP contribution in [0.5, 0.6) is 5.75 Å². The number of pyridine rings is 1. The number of hydrogen-bond acceptors (Lipinski definition) is 4. The van der Waals surface area contributed by atoms with Crippen LogP contribution >= 0.6 is 0 Å². The van der Waals surface area contributed by atoms with Gasteiger partial charge in [-0.05, 0) is 24.6 Å². The third-order valence-electron chi connectivity index (χ3n) is 3.52. The number of carbonyl (C=O) groups excluding carboxylic acids is 1. The van der Waals surface area contributed by atoms with E-state index in [1.54, 1.807) is 6.07 Å². The molecule has 1 atom stereocenters. The van der Waals surface area contributed by atoms with Gasteiger partial charge in [-0.25, -0.2) is 0 Å². The van der Waals surface area contributed by atoms with E-state index in [1.165, 1.54) is 11.8 Å². The number of nitrogen functional groups attached to an aromatic ring is 1. The second-order valence-corrected chi connectivity index (χ2v) is 5.17. The molecule has 0 bridgehead atoms. The van der Waals surface area contributed by atoms with Crippen molar-refractivity contribution >= 4 is 11.6 Å². The molecule has 1 amide bonds. The van der Waals surface area contributed by atoms with E-state index in [4.69, 9.17) is 10.5 Å². The van der Waals surface area contributed by atoms with Crippen molar-refractivity contribution in [2.24, 2.45) is 0 Å². The summed E-state index contributed by atoms with van der Waals surface area (Å²) in [5.74, 6) is 0.674. The summed E-state index contributed by atoms with van der Waals surface area (Å²) in [5, 5.41) is 2.85. The zero-order valence-corrected chi connectivity index (χ0v) is 11.8. The fourth-order valence-electron chi connectivity index (χ4n) is 2.44. The Bertz CT molecular complexity index is 660. The molecule has 21 heavy (non-hydrogen) atoms. The van der Waals surface area contributed by atoms with Crippen LogP contribution < -0.4 is 15.8 Å². The van der Waals surface area contributed by atoms with E-state index in [2.05, 4.69) is 10.3 Å². The van der Waals surface area contributed by atoms with Gasteiger partial charge in [-0.15, -0.1) is 0 Å². The Morgan fingerprint density at radius 2 is 2.29 bits per heavy atom. The van der Waals surface area contributed by atoms with E-state index in [1.807, 2.05) is 31.2 Å². The van der Waals surface area contributed by atoms with E-state index >= 15 is 0 Å². The Labute approximate surface area is 123 Å². The fourth-order valence-corrected chi connectivity index (χ4v) is 2.44. The van der Waals surface area contributed by atoms with Gasteiger partial charge in [0.1, 0.15) is 11.9 Å². The van der Waals surface area contributed by atoms with Gasteiger partial charge in [0.05, 0.1) is 12.1 Å². The summed E-state index contributed by atoms with van der Waals surface area (Å²) in [6.07, 6.45) is 2.27. The summed E-state index contributed by atoms with van der Waals surface area (Å²) < 4.78 is 5.78. The summed E-state index contributed by atoms with van der Waals surface area (Å²) >= 11 is 0. The highest BCUT2D eigenvalue weighted by Crippen LogP contribution is 2.27. The highest BCUT2D eigenvalue weighted by Gasteiger charge is 2.23. The van der Waals surface area contributed by atoms with Gasteiger partial charge in [0, 0.05) is 24.0 Å². The van der Waals surface area contributed by atoms with Crippen LogP contribution in [0.15, 0.2) is 36.5 Å². The van der Waals surface area contributed by atoms with Gasteiger partial charge in [0.2, 0.25) is 0 Å². The molecule has 1 aromatic heterocycles. The molecule has 0 aliphatic carbocycles. The lowest BCUT2D eigenvalue weighted by molar-refractivity contribution is 0.0934. The molecule has 2 heterocycles. The number of benzene rings is 1. The topological polar surface area (TPSA) is 77.2 Å². The average molecular weight is 283 g/mol. The molecule has 0 spiro atoms. The monoisotopic (exact) mass is 283 g/mol. The number of ether oxygens (including phenoxy) is 1. The number of carbonyl (C=O) groups is 1. The molecule has 0 radical (unpaired) electrons. The quantitative estimate of drug-likeness (QED) is 0.899. The molecule has 5 heteroatoms. The van der Waals surface area contributed by atoms with Crippen molar-refractivity contribution in [3.8, 4) is 5.75 Å². The van der Waals surface area contributed by atoms with Crippen molar-refractivity contribution in [1.82, 2.24) is 10.3 Å². The number of aryl methyl sites for hydroxylation is 1. The van der Waals surface area contributed by atoms with Crippen LogP contribution in [-0.2, 0) is 6.42 Å². The number of hydrogen-bond donors (Lipinski definition) is 2. The van der Waals surface area contributed by atoms with Gasteiger partial charge < -0.3 is 15.8 Å². The summed E-state index contributed by atoms with van der Waals surface area (Å²) in [6.45, 7) is 2.28. The average Bonchev–Trinajstić information content (AvgIpc) is 2.87. The van der Waals surface area contributed by atoms with Crippen molar-refractivity contribution < 1.29 is 9.53 Å². The van der Waals surface area contributed by atoms with Crippen molar-refractivity contribution in [3.63, 3.8) is 0 Å². The van der Waals surface area contributed by atoms with Crippen molar-refractivity contribution in [3.05, 3.63) is 53.3 Å². The Hall–Kier alpha value is -2.56. The van der Waals surface area contributed by atoms with E-state index in [0.29, 0.717) is 17.8 Å². The second kappa shape index (κ2) is 5.44. The number of para-hydroxylation sites is 1. The number of nitrogens with two attached hydrogens (primary N) is 1. The number of aromatic nitrogens is 1. The fraction of sp³-hybridized carbons (Fsp3) is 0.250. The first-order chi connectivity index (χ1) is 10.1. The van der Waals surface area contributed by atoms with Gasteiger partial charge in [0.15, 0.2) is 0 Å². The third-order valence-corrected chi connectivity index (χ3v) is 3.52. The minimum absolute atomic E-state index is 0.0361. The normalized spacial score (nSPS) is 16.1. The number of anilines is 1. The lowest BCUT2D eigenvalue weighted by Gasteiger charge is -2.12. The number of fused-ring (bicyclic) bond motifs is 1. The van der Waals surface area contributed by atoms with E-state index in [9.17, 15) is 4.79 Å². The maximum absolute atomic E-state index is 12.1. The van der Waals surface area contributed by atoms with Crippen molar-refractivity contribution in [2.75, 3.05) is 12.3 Å². The lowest BCUT2D eigenvalue weighted by Crippen LogP contribution is -2.34. The smallest absolute Gasteiger partial charge is 0.255 e. The molecule has 2 aromatic rings. The lowest BCUT2D eigenvalue weighted by atomic mass is 10.1. The second-order valence-electron chi connectivity index (χ2n) is 5.17. The molecular weight excluding hydrogens is 266 g/mol. The highest BCUT2D eigenvalue weighted by atomic mass is 16.5. The Morgan fingerprint density at radius 1 is 1.48 bits per heavy atom. The molecule has 3 rings (SSSR count). The standard InChI is InChI=1S/C16H17N3O2/c1-10-6-14(17)13(9-18-10)16(20)19-8-12-7-11-4-2-3-5-15(11)21-12/h2-6,9,12H,7-8H2,1H3,(H2,17,18)(H,19,20). The SMILES string of the molecule is Cc1cc(N)c(C(=O)NCC2Cc3ccccc3O2)cn1. The molecule has 1 aromatic carbocycles. The molecule has 0 saturated carbocycles. The molecule has 1 aliphatic rings. The van der Waals surface area contributed by atoms with Gasteiger partial charge >= 0.3 is 0 Å². The molecule has 0 fully saturated rings. The molecule has 0 saturated heterocycles. The van der Waals surface area contributed by atoms with Crippen LogP contribution in [0.1, 0.15) is 21.6 Å². The van der Waals surface area contributed by atoms with Crippen LogP contribution in [0.3, 0.4) is 0 Å². The van der Waals surface area contributed by atoms with E-state index in [-0.39, 0.29) is 12.0 Å². The predicted molar refractivity (Wildman–Crippen MR) is 80.3 cm³/mol. The largest absolute Gasteiger partial charge is 0.488 e. The first kappa shape index (κ1) is 13.4. The van der Waals surface area contributed by atoms with Crippen LogP contribution in [-0.4, -0.2) is 23.5 Å². The molecule has 1 aliphatic heterocycles. The van der Waals surface area contributed by atoms with Crippen LogP contribution in [0.4, 0.5) is 5.69 Å². The van der Waals surface area contributed by atoms with Gasteiger partial charge in [0.25, 0.3) is 5.91 Å². The van der Waals surface area contributed by atoms with E-state index in [0.717, 1.165) is 17.9 Å². The summed E-state index contributed by atoms with van der Waals surface area (Å²) in [5.41, 5.74) is 8.65. The first-order valence-electron chi connectivity index (χ1n) is 6.88. The van der Waals surface area contributed by atoms with Crippen LogP contribution in [0, 0.1) is 6.92 Å². The number of nitrogens with one attached hydrogen (secondary N) is 1. The molecule has 3 N–H and O–H groups in total. The minimum Gasteiger partial charge on any atom is -0.488 e. The summed E-state index contributed by atoms with van der Waals surface area (Å²) in [4.78, 5) is 16.2. The number of rotatable bonds is 3. The summed E-state index contributed by atoms with van der Waals surface area (Å²) in [7, 11) is 0. The van der Waals surface area contributed by atoms with Gasteiger partial charge in [-0.3, -0.25) is 9.78 Å². The molecule has 1 unspecified atom stereocenters. The van der Waals surface area contributed by atoms with Crippen molar-refractivity contribution in [1.29, 1.82) is 0 Å². The maximum Gasteiger partial charge on any atom is 0.255 e. The van der Waals surface area contributed by atoms with Crippen LogP contribution in [0.2, 0.25) is 0 Å². The predicted octanol–water partition coefficient (Wildman–Crippen LogP) is 1.71. The molecule has 5 nitrogen and oxygen atoms in total. The first-order valence-corrected chi connectivity index (χ1v) is 6.88. The van der Waals surface area contributed by atoms with Crippen molar-refractivity contribution in [2.45, 2.75) is 19.4 Å². The maximum atomic E-state index is 12.1. The highest BCUT2D eigenvalue weighted by molar-refractivity contribution is 5.98. The summed E-state index contributed by atoms with van der Waals surface area (Å²) in [6, 6.07) is 9.61. The number of nitrogens with zero attached hydrogens (tertiary/aromatic N) is 1. The Kier molecular flexibility index (Phi) is 3.48. The number of amides is 1.